The second kappa shape index (κ2) is 10.1. The van der Waals surface area contributed by atoms with E-state index in [9.17, 15) is 18.0 Å². The SMILES string of the molecule is COC(=O)CCc1ccc(S(=O)(=O)Nc2ccc(Br)cc2C(=O)c2cccnc2C)cc1. The molecule has 0 unspecified atom stereocenters. The molecule has 3 rings (SSSR count). The molecule has 0 bridgehead atoms. The number of hydrogen-bond donors (Lipinski definition) is 1. The number of carbonyl (C=O) groups excluding carboxylic acids is 2. The van der Waals surface area contributed by atoms with E-state index in [1.165, 1.54) is 25.3 Å². The number of ketones is 1. The standard InChI is InChI=1S/C23H21BrN2O5S/c1-15-19(4-3-13-25-15)23(28)20-14-17(24)8-11-21(20)26-32(29,30)18-9-5-16(6-10-18)7-12-22(27)31-2/h3-6,8-11,13-14,26H,7,12H2,1-2H3. The van der Waals surface area contributed by atoms with Crippen molar-refractivity contribution in [1.29, 1.82) is 0 Å². The molecule has 0 atom stereocenters. The highest BCUT2D eigenvalue weighted by atomic mass is 79.9. The number of nitrogens with one attached hydrogen (secondary N) is 1. The summed E-state index contributed by atoms with van der Waals surface area (Å²) in [6, 6.07) is 14.3. The van der Waals surface area contributed by atoms with Gasteiger partial charge in [0, 0.05) is 33.9 Å². The van der Waals surface area contributed by atoms with Crippen LogP contribution < -0.4 is 4.72 Å². The molecule has 1 aromatic heterocycles. The fourth-order valence-corrected chi connectivity index (χ4v) is 4.49. The molecule has 0 amide bonds. The number of halogens is 1. The number of anilines is 1. The van der Waals surface area contributed by atoms with E-state index in [-0.39, 0.29) is 34.3 Å². The van der Waals surface area contributed by atoms with Crippen molar-refractivity contribution in [3.8, 4) is 0 Å². The van der Waals surface area contributed by atoms with E-state index in [1.54, 1.807) is 49.5 Å². The van der Waals surface area contributed by atoms with E-state index >= 15 is 0 Å². The molecule has 166 valence electrons. The second-order valence-electron chi connectivity index (χ2n) is 6.98. The predicted molar refractivity (Wildman–Crippen MR) is 124 cm³/mol. The number of aromatic nitrogens is 1. The molecule has 0 aliphatic carbocycles. The Hall–Kier alpha value is -3.04. The quantitative estimate of drug-likeness (QED) is 0.353. The van der Waals surface area contributed by atoms with Crippen LogP contribution in [-0.2, 0) is 26.0 Å². The lowest BCUT2D eigenvalue weighted by Gasteiger charge is -2.14. The molecule has 1 heterocycles. The summed E-state index contributed by atoms with van der Waals surface area (Å²) in [7, 11) is -2.63. The molecule has 32 heavy (non-hydrogen) atoms. The summed E-state index contributed by atoms with van der Waals surface area (Å²) in [4.78, 5) is 28.6. The van der Waals surface area contributed by atoms with Gasteiger partial charge in [-0.3, -0.25) is 19.3 Å². The van der Waals surface area contributed by atoms with E-state index in [0.717, 1.165) is 5.56 Å². The van der Waals surface area contributed by atoms with E-state index in [0.29, 0.717) is 22.2 Å². The van der Waals surface area contributed by atoms with Crippen molar-refractivity contribution in [2.75, 3.05) is 11.8 Å². The molecule has 3 aromatic rings. The summed E-state index contributed by atoms with van der Waals surface area (Å²) in [6.45, 7) is 1.72. The fraction of sp³-hybridized carbons (Fsp3) is 0.174. The number of pyridine rings is 1. The fourth-order valence-electron chi connectivity index (χ4n) is 3.05. The van der Waals surface area contributed by atoms with Gasteiger partial charge in [-0.1, -0.05) is 28.1 Å². The average molecular weight is 517 g/mol. The first-order valence-electron chi connectivity index (χ1n) is 9.65. The Morgan fingerprint density at radius 3 is 2.44 bits per heavy atom. The number of carbonyl (C=O) groups is 2. The maximum atomic E-state index is 13.1. The van der Waals surface area contributed by atoms with E-state index in [1.807, 2.05) is 0 Å². The van der Waals surface area contributed by atoms with Crippen LogP contribution in [-0.4, -0.2) is 32.3 Å². The number of nitrogens with zero attached hydrogens (tertiary/aromatic N) is 1. The molecule has 1 N–H and O–H groups in total. The molecule has 2 aromatic carbocycles. The highest BCUT2D eigenvalue weighted by Gasteiger charge is 2.21. The maximum Gasteiger partial charge on any atom is 0.305 e. The zero-order valence-electron chi connectivity index (χ0n) is 17.5. The van der Waals surface area contributed by atoms with Gasteiger partial charge in [0.25, 0.3) is 10.0 Å². The maximum absolute atomic E-state index is 13.1. The van der Waals surface area contributed by atoms with Crippen LogP contribution in [0.5, 0.6) is 0 Å². The van der Waals surface area contributed by atoms with E-state index in [2.05, 4.69) is 30.4 Å². The topological polar surface area (TPSA) is 102 Å². The number of esters is 1. The van der Waals surface area contributed by atoms with E-state index in [4.69, 9.17) is 0 Å². The summed E-state index contributed by atoms with van der Waals surface area (Å²) in [5.41, 5.74) is 2.11. The highest BCUT2D eigenvalue weighted by molar-refractivity contribution is 9.10. The van der Waals surface area contributed by atoms with Crippen LogP contribution in [0.4, 0.5) is 5.69 Å². The van der Waals surface area contributed by atoms with Crippen molar-refractivity contribution in [2.45, 2.75) is 24.7 Å². The lowest BCUT2D eigenvalue weighted by Crippen LogP contribution is -2.16. The van der Waals surface area contributed by atoms with Crippen LogP contribution in [0.2, 0.25) is 0 Å². The Balaban J connectivity index is 1.87. The molecule has 0 aliphatic rings. The molecular formula is C23H21BrN2O5S. The van der Waals surface area contributed by atoms with Gasteiger partial charge in [-0.25, -0.2) is 8.42 Å². The number of sulfonamides is 1. The van der Waals surface area contributed by atoms with Crippen molar-refractivity contribution in [3.05, 3.63) is 87.7 Å². The first-order chi connectivity index (χ1) is 15.2. The summed E-state index contributed by atoms with van der Waals surface area (Å²) in [6.07, 6.45) is 2.24. The van der Waals surface area contributed by atoms with Gasteiger partial charge in [-0.15, -0.1) is 0 Å². The van der Waals surface area contributed by atoms with Gasteiger partial charge in [-0.05, 0) is 61.4 Å². The van der Waals surface area contributed by atoms with Gasteiger partial charge in [0.1, 0.15) is 0 Å². The Labute approximate surface area is 195 Å². The highest BCUT2D eigenvalue weighted by Crippen LogP contribution is 2.27. The van der Waals surface area contributed by atoms with Crippen molar-refractivity contribution in [1.82, 2.24) is 4.98 Å². The zero-order valence-corrected chi connectivity index (χ0v) is 19.9. The number of ether oxygens (including phenoxy) is 1. The largest absolute Gasteiger partial charge is 0.469 e. The number of methoxy groups -OCH3 is 1. The molecular weight excluding hydrogens is 496 g/mol. The third kappa shape index (κ3) is 5.60. The van der Waals surface area contributed by atoms with Crippen LogP contribution in [0.25, 0.3) is 0 Å². The van der Waals surface area contributed by atoms with Crippen molar-refractivity contribution >= 4 is 43.4 Å². The molecule has 0 radical (unpaired) electrons. The van der Waals surface area contributed by atoms with Gasteiger partial charge in [-0.2, -0.15) is 0 Å². The van der Waals surface area contributed by atoms with Crippen molar-refractivity contribution in [2.24, 2.45) is 0 Å². The molecule has 0 aliphatic heterocycles. The summed E-state index contributed by atoms with van der Waals surface area (Å²) in [5.74, 6) is -0.674. The first kappa shape index (κ1) is 23.6. The number of benzene rings is 2. The normalized spacial score (nSPS) is 11.1. The first-order valence-corrected chi connectivity index (χ1v) is 11.9. The molecule has 9 heteroatoms. The minimum atomic E-state index is -3.95. The Morgan fingerprint density at radius 2 is 1.78 bits per heavy atom. The monoisotopic (exact) mass is 516 g/mol. The van der Waals surface area contributed by atoms with Crippen LogP contribution in [0.1, 0.15) is 33.6 Å². The number of hydrogen-bond acceptors (Lipinski definition) is 6. The smallest absolute Gasteiger partial charge is 0.305 e. The van der Waals surface area contributed by atoms with Gasteiger partial charge in [0.05, 0.1) is 17.7 Å². The summed E-state index contributed by atoms with van der Waals surface area (Å²) < 4.78 is 33.7. The summed E-state index contributed by atoms with van der Waals surface area (Å²) in [5, 5.41) is 0. The van der Waals surface area contributed by atoms with Gasteiger partial charge < -0.3 is 4.74 Å². The van der Waals surface area contributed by atoms with E-state index < -0.39 is 10.0 Å². The average Bonchev–Trinajstić information content (AvgIpc) is 2.78. The predicted octanol–water partition coefficient (Wildman–Crippen LogP) is 4.29. The Bertz CT molecular complexity index is 1260. The lowest BCUT2D eigenvalue weighted by molar-refractivity contribution is -0.140. The van der Waals surface area contributed by atoms with Crippen LogP contribution in [0, 0.1) is 6.92 Å². The van der Waals surface area contributed by atoms with Gasteiger partial charge in [0.2, 0.25) is 0 Å². The Kier molecular flexibility index (Phi) is 7.42. The van der Waals surface area contributed by atoms with Gasteiger partial charge >= 0.3 is 5.97 Å². The molecule has 0 saturated carbocycles. The molecule has 0 spiro atoms. The van der Waals surface area contributed by atoms with Crippen LogP contribution in [0.3, 0.4) is 0 Å². The number of aryl methyl sites for hydroxylation is 2. The van der Waals surface area contributed by atoms with Crippen molar-refractivity contribution in [3.63, 3.8) is 0 Å². The van der Waals surface area contributed by atoms with Crippen LogP contribution >= 0.6 is 15.9 Å². The summed E-state index contributed by atoms with van der Waals surface area (Å²) >= 11 is 3.34. The third-order valence-electron chi connectivity index (χ3n) is 4.80. The molecule has 7 nitrogen and oxygen atoms in total. The van der Waals surface area contributed by atoms with Crippen molar-refractivity contribution < 1.29 is 22.7 Å². The Morgan fingerprint density at radius 1 is 1.06 bits per heavy atom. The molecule has 0 fully saturated rings. The number of rotatable bonds is 8. The lowest BCUT2D eigenvalue weighted by atomic mass is 10.0. The third-order valence-corrected chi connectivity index (χ3v) is 6.68. The van der Waals surface area contributed by atoms with Gasteiger partial charge in [0.15, 0.2) is 5.78 Å². The molecule has 0 saturated heterocycles. The zero-order chi connectivity index (χ0) is 23.3. The minimum Gasteiger partial charge on any atom is -0.469 e. The minimum absolute atomic E-state index is 0.0400. The second-order valence-corrected chi connectivity index (χ2v) is 9.58. The van der Waals surface area contributed by atoms with Crippen LogP contribution in [0.15, 0.2) is 70.2 Å².